The predicted molar refractivity (Wildman–Crippen MR) is 72.3 cm³/mol. The fourth-order valence-corrected chi connectivity index (χ4v) is 2.01. The van der Waals surface area contributed by atoms with E-state index in [9.17, 15) is 4.79 Å². The van der Waals surface area contributed by atoms with Crippen LogP contribution in [0, 0.1) is 13.8 Å². The molecule has 3 heterocycles. The Bertz CT molecular complexity index is 801. The number of aromatic nitrogens is 6. The molecule has 8 heteroatoms. The number of rotatable bonds is 2. The smallest absolute Gasteiger partial charge is 0.295 e. The molecule has 0 aliphatic carbocycles. The van der Waals surface area contributed by atoms with E-state index in [1.54, 1.807) is 17.8 Å². The molecular formula is C12H13N7O. The quantitative estimate of drug-likeness (QED) is 0.722. The Labute approximate surface area is 114 Å². The van der Waals surface area contributed by atoms with Crippen LogP contribution in [0.25, 0.3) is 11.0 Å². The number of anilines is 1. The molecule has 3 rings (SSSR count). The summed E-state index contributed by atoms with van der Waals surface area (Å²) in [6.07, 6.45) is 1.58. The van der Waals surface area contributed by atoms with Crippen LogP contribution < -0.4 is 5.32 Å². The second-order valence-corrected chi connectivity index (χ2v) is 4.50. The minimum absolute atomic E-state index is 0.102. The number of carbonyl (C=O) groups excluding carboxylic acids is 1. The minimum atomic E-state index is -0.378. The fraction of sp³-hybridized carbons (Fsp3) is 0.250. The summed E-state index contributed by atoms with van der Waals surface area (Å²) >= 11 is 0. The lowest BCUT2D eigenvalue weighted by atomic mass is 10.2. The van der Waals surface area contributed by atoms with E-state index in [4.69, 9.17) is 0 Å². The van der Waals surface area contributed by atoms with Crippen LogP contribution in [0.5, 0.6) is 0 Å². The van der Waals surface area contributed by atoms with Crippen molar-refractivity contribution in [3.63, 3.8) is 0 Å². The molecule has 0 saturated carbocycles. The lowest BCUT2D eigenvalue weighted by Gasteiger charge is -2.02. The molecule has 20 heavy (non-hydrogen) atoms. The van der Waals surface area contributed by atoms with Crippen molar-refractivity contribution in [2.24, 2.45) is 7.05 Å². The van der Waals surface area contributed by atoms with Gasteiger partial charge in [-0.3, -0.25) is 14.6 Å². The van der Waals surface area contributed by atoms with Crippen molar-refractivity contribution < 1.29 is 4.79 Å². The topological polar surface area (TPSA) is 101 Å². The van der Waals surface area contributed by atoms with Crippen LogP contribution in [0.2, 0.25) is 0 Å². The van der Waals surface area contributed by atoms with Gasteiger partial charge in [0.25, 0.3) is 5.91 Å². The number of hydrogen-bond donors (Lipinski definition) is 2. The summed E-state index contributed by atoms with van der Waals surface area (Å²) in [4.78, 5) is 20.2. The van der Waals surface area contributed by atoms with Crippen molar-refractivity contribution in [3.05, 3.63) is 29.6 Å². The molecule has 1 amide bonds. The number of carbonyl (C=O) groups is 1. The van der Waals surface area contributed by atoms with Gasteiger partial charge in [-0.2, -0.15) is 5.10 Å². The largest absolute Gasteiger partial charge is 0.318 e. The van der Waals surface area contributed by atoms with Crippen LogP contribution in [-0.4, -0.2) is 35.9 Å². The average Bonchev–Trinajstić information content (AvgIpc) is 2.95. The van der Waals surface area contributed by atoms with Gasteiger partial charge >= 0.3 is 0 Å². The third kappa shape index (κ3) is 2.00. The van der Waals surface area contributed by atoms with Crippen molar-refractivity contribution in [2.45, 2.75) is 13.8 Å². The van der Waals surface area contributed by atoms with E-state index in [0.29, 0.717) is 11.5 Å². The first-order chi connectivity index (χ1) is 9.54. The fourth-order valence-electron chi connectivity index (χ4n) is 2.01. The zero-order valence-corrected chi connectivity index (χ0v) is 11.3. The Hall–Kier alpha value is -2.77. The average molecular weight is 271 g/mol. The maximum Gasteiger partial charge on any atom is 0.295 e. The molecule has 0 aliphatic rings. The van der Waals surface area contributed by atoms with Gasteiger partial charge in [0.1, 0.15) is 5.82 Å². The first-order valence-electron chi connectivity index (χ1n) is 6.04. The monoisotopic (exact) mass is 271 g/mol. The summed E-state index contributed by atoms with van der Waals surface area (Å²) in [7, 11) is 1.83. The van der Waals surface area contributed by atoms with Gasteiger partial charge in [-0.15, -0.1) is 5.10 Å². The highest BCUT2D eigenvalue weighted by Gasteiger charge is 2.13. The van der Waals surface area contributed by atoms with Crippen molar-refractivity contribution in [1.29, 1.82) is 0 Å². The summed E-state index contributed by atoms with van der Waals surface area (Å²) in [6, 6.07) is 1.84. The van der Waals surface area contributed by atoms with Crippen molar-refractivity contribution >= 4 is 22.6 Å². The normalized spacial score (nSPS) is 10.9. The predicted octanol–water partition coefficient (Wildman–Crippen LogP) is 0.956. The van der Waals surface area contributed by atoms with Gasteiger partial charge in [0, 0.05) is 12.4 Å². The second kappa shape index (κ2) is 4.41. The van der Waals surface area contributed by atoms with E-state index in [1.165, 1.54) is 0 Å². The Morgan fingerprint density at radius 3 is 2.90 bits per heavy atom. The van der Waals surface area contributed by atoms with Crippen LogP contribution in [0.1, 0.15) is 22.1 Å². The van der Waals surface area contributed by atoms with Gasteiger partial charge in [-0.05, 0) is 19.9 Å². The number of fused-ring (bicyclic) bond motifs is 1. The Balaban J connectivity index is 1.91. The van der Waals surface area contributed by atoms with E-state index in [2.05, 4.69) is 30.6 Å². The standard InChI is InChI=1S/C12H13N7O/c1-6-9-4-8(5-13-11(9)19(3)18-6)15-12(20)10-14-7(2)16-17-10/h4-5H,1-3H3,(H,15,20)(H,14,16,17). The number of nitrogens with zero attached hydrogens (tertiary/aromatic N) is 5. The maximum absolute atomic E-state index is 11.9. The third-order valence-electron chi connectivity index (χ3n) is 2.92. The molecule has 0 atom stereocenters. The molecular weight excluding hydrogens is 258 g/mol. The number of nitrogens with one attached hydrogen (secondary N) is 2. The lowest BCUT2D eigenvalue weighted by Crippen LogP contribution is -2.14. The van der Waals surface area contributed by atoms with Crippen molar-refractivity contribution in [3.8, 4) is 0 Å². The molecule has 0 radical (unpaired) electrons. The molecule has 0 aromatic carbocycles. The molecule has 0 unspecified atom stereocenters. The summed E-state index contributed by atoms with van der Waals surface area (Å²) in [5.41, 5.74) is 2.22. The molecule has 0 aliphatic heterocycles. The highest BCUT2D eigenvalue weighted by atomic mass is 16.2. The molecule has 0 fully saturated rings. The van der Waals surface area contributed by atoms with Crippen LogP contribution in [0.4, 0.5) is 5.69 Å². The molecule has 3 aromatic rings. The lowest BCUT2D eigenvalue weighted by molar-refractivity contribution is 0.101. The number of aromatic amines is 1. The van der Waals surface area contributed by atoms with Gasteiger partial charge in [0.05, 0.1) is 17.6 Å². The summed E-state index contributed by atoms with van der Waals surface area (Å²) < 4.78 is 1.70. The van der Waals surface area contributed by atoms with Crippen molar-refractivity contribution in [2.75, 3.05) is 5.32 Å². The molecule has 102 valence electrons. The Morgan fingerprint density at radius 2 is 2.20 bits per heavy atom. The number of pyridine rings is 1. The zero-order valence-electron chi connectivity index (χ0n) is 11.3. The summed E-state index contributed by atoms with van der Waals surface area (Å²) in [5.74, 6) is 0.314. The zero-order chi connectivity index (χ0) is 14.3. The molecule has 0 spiro atoms. The van der Waals surface area contributed by atoms with Gasteiger partial charge in [0.15, 0.2) is 5.65 Å². The number of hydrogen-bond acceptors (Lipinski definition) is 5. The van der Waals surface area contributed by atoms with Crippen LogP contribution in [0.15, 0.2) is 12.3 Å². The van der Waals surface area contributed by atoms with E-state index >= 15 is 0 Å². The van der Waals surface area contributed by atoms with Crippen molar-refractivity contribution in [1.82, 2.24) is 29.9 Å². The molecule has 0 saturated heterocycles. The number of H-pyrrole nitrogens is 1. The number of aryl methyl sites for hydroxylation is 3. The first kappa shape index (κ1) is 12.3. The van der Waals surface area contributed by atoms with Crippen LogP contribution in [-0.2, 0) is 7.05 Å². The van der Waals surface area contributed by atoms with E-state index in [1.807, 2.05) is 20.0 Å². The van der Waals surface area contributed by atoms with Crippen LogP contribution in [0.3, 0.4) is 0 Å². The van der Waals surface area contributed by atoms with Gasteiger partial charge in [0.2, 0.25) is 5.82 Å². The summed E-state index contributed by atoms with van der Waals surface area (Å²) in [6.45, 7) is 3.63. The van der Waals surface area contributed by atoms with Gasteiger partial charge < -0.3 is 5.32 Å². The van der Waals surface area contributed by atoms with E-state index in [0.717, 1.165) is 16.7 Å². The summed E-state index contributed by atoms with van der Waals surface area (Å²) in [5, 5.41) is 14.3. The SMILES string of the molecule is Cc1nc(C(=O)Nc2cnc3c(c2)c(C)nn3C)n[nH]1. The molecule has 3 aromatic heterocycles. The maximum atomic E-state index is 11.9. The molecule has 0 bridgehead atoms. The Morgan fingerprint density at radius 1 is 1.40 bits per heavy atom. The van der Waals surface area contributed by atoms with Gasteiger partial charge in [-0.25, -0.2) is 9.97 Å². The van der Waals surface area contributed by atoms with Crippen LogP contribution >= 0.6 is 0 Å². The highest BCUT2D eigenvalue weighted by molar-refractivity contribution is 6.02. The third-order valence-corrected chi connectivity index (χ3v) is 2.92. The highest BCUT2D eigenvalue weighted by Crippen LogP contribution is 2.19. The second-order valence-electron chi connectivity index (χ2n) is 4.50. The molecule has 2 N–H and O–H groups in total. The number of amides is 1. The van der Waals surface area contributed by atoms with Gasteiger partial charge in [-0.1, -0.05) is 0 Å². The first-order valence-corrected chi connectivity index (χ1v) is 6.04. The minimum Gasteiger partial charge on any atom is -0.318 e. The molecule has 8 nitrogen and oxygen atoms in total. The Kier molecular flexibility index (Phi) is 2.70. The van der Waals surface area contributed by atoms with E-state index < -0.39 is 0 Å². The van der Waals surface area contributed by atoms with E-state index in [-0.39, 0.29) is 11.7 Å².